The molecule has 2 aromatic carbocycles. The molecule has 0 saturated heterocycles. The molecule has 0 aliphatic carbocycles. The van der Waals surface area contributed by atoms with Gasteiger partial charge in [0.15, 0.2) is 0 Å². The van der Waals surface area contributed by atoms with Crippen LogP contribution in [0.5, 0.6) is 0 Å². The summed E-state index contributed by atoms with van der Waals surface area (Å²) in [5.41, 5.74) is 8.11. The van der Waals surface area contributed by atoms with Crippen LogP contribution in [0.25, 0.3) is 10.9 Å². The van der Waals surface area contributed by atoms with Crippen LogP contribution in [-0.2, 0) is 11.2 Å². The molecule has 1 aromatic heterocycles. The Labute approximate surface area is 146 Å². The van der Waals surface area contributed by atoms with Crippen molar-refractivity contribution in [1.29, 1.82) is 0 Å². The summed E-state index contributed by atoms with van der Waals surface area (Å²) in [7, 11) is 0. The smallest absolute Gasteiger partial charge is 0.273 e. The average Bonchev–Trinajstić information content (AvgIpc) is 2.65. The van der Waals surface area contributed by atoms with Gasteiger partial charge in [0, 0.05) is 11.8 Å². The van der Waals surface area contributed by atoms with Gasteiger partial charge in [0.2, 0.25) is 5.91 Å². The van der Waals surface area contributed by atoms with E-state index in [1.165, 1.54) is 5.56 Å². The van der Waals surface area contributed by atoms with Gasteiger partial charge in [0.25, 0.3) is 5.91 Å². The summed E-state index contributed by atoms with van der Waals surface area (Å²) in [4.78, 5) is 28.3. The number of nitrogens with zero attached hydrogens (tertiary/aromatic N) is 1. The van der Waals surface area contributed by atoms with Crippen LogP contribution in [0.4, 0.5) is 0 Å². The Morgan fingerprint density at radius 1 is 0.920 bits per heavy atom. The van der Waals surface area contributed by atoms with E-state index in [0.717, 1.165) is 16.5 Å². The largest absolute Gasteiger partial charge is 0.288 e. The molecule has 5 nitrogen and oxygen atoms in total. The highest BCUT2D eigenvalue weighted by Gasteiger charge is 2.09. The number of aryl methyl sites for hydroxylation is 2. The van der Waals surface area contributed by atoms with Crippen LogP contribution in [0.15, 0.2) is 60.7 Å². The molecule has 0 aliphatic rings. The summed E-state index contributed by atoms with van der Waals surface area (Å²) in [5.74, 6) is -0.677. The Kier molecular flexibility index (Phi) is 5.04. The lowest BCUT2D eigenvalue weighted by atomic mass is 10.1. The molecule has 0 spiro atoms. The molecule has 3 rings (SSSR count). The normalized spacial score (nSPS) is 10.4. The van der Waals surface area contributed by atoms with Crippen molar-refractivity contribution in [3.05, 3.63) is 77.5 Å². The summed E-state index contributed by atoms with van der Waals surface area (Å²) in [6, 6.07) is 19.0. The first kappa shape index (κ1) is 16.6. The second-order valence-electron chi connectivity index (χ2n) is 5.88. The van der Waals surface area contributed by atoms with Gasteiger partial charge in [-0.3, -0.25) is 20.4 Å². The molecule has 0 aliphatic heterocycles. The molecule has 126 valence electrons. The number of benzene rings is 2. The third kappa shape index (κ3) is 4.41. The number of rotatable bonds is 4. The van der Waals surface area contributed by atoms with Crippen molar-refractivity contribution in [2.45, 2.75) is 19.8 Å². The molecule has 2 N–H and O–H groups in total. The Morgan fingerprint density at radius 2 is 1.68 bits per heavy atom. The van der Waals surface area contributed by atoms with Gasteiger partial charge in [-0.1, -0.05) is 54.1 Å². The fourth-order valence-electron chi connectivity index (χ4n) is 2.46. The summed E-state index contributed by atoms with van der Waals surface area (Å²) >= 11 is 0. The van der Waals surface area contributed by atoms with Crippen molar-refractivity contribution in [2.75, 3.05) is 0 Å². The number of hydrogen-bond donors (Lipinski definition) is 2. The van der Waals surface area contributed by atoms with Crippen molar-refractivity contribution in [3.63, 3.8) is 0 Å². The Balaban J connectivity index is 1.52. The number of amides is 2. The van der Waals surface area contributed by atoms with Crippen LogP contribution in [0, 0.1) is 6.92 Å². The van der Waals surface area contributed by atoms with Crippen molar-refractivity contribution in [2.24, 2.45) is 0 Å². The van der Waals surface area contributed by atoms with E-state index >= 15 is 0 Å². The van der Waals surface area contributed by atoms with Gasteiger partial charge in [-0.2, -0.15) is 0 Å². The quantitative estimate of drug-likeness (QED) is 0.721. The molecule has 0 unspecified atom stereocenters. The van der Waals surface area contributed by atoms with Crippen LogP contribution in [-0.4, -0.2) is 16.8 Å². The average molecular weight is 333 g/mol. The molecule has 1 heterocycles. The third-order valence-electron chi connectivity index (χ3n) is 3.91. The maximum atomic E-state index is 12.1. The fourth-order valence-corrected chi connectivity index (χ4v) is 2.46. The van der Waals surface area contributed by atoms with Crippen LogP contribution >= 0.6 is 0 Å². The van der Waals surface area contributed by atoms with Gasteiger partial charge in [0.05, 0.1) is 5.52 Å². The van der Waals surface area contributed by atoms with Crippen molar-refractivity contribution in [3.8, 4) is 0 Å². The highest BCUT2D eigenvalue weighted by atomic mass is 16.2. The van der Waals surface area contributed by atoms with E-state index in [1.807, 2.05) is 61.5 Å². The van der Waals surface area contributed by atoms with E-state index < -0.39 is 5.91 Å². The van der Waals surface area contributed by atoms with Gasteiger partial charge in [-0.15, -0.1) is 0 Å². The number of hydrazine groups is 1. The zero-order valence-corrected chi connectivity index (χ0v) is 14.0. The highest BCUT2D eigenvalue weighted by Crippen LogP contribution is 2.11. The first-order chi connectivity index (χ1) is 12.1. The Morgan fingerprint density at radius 3 is 2.48 bits per heavy atom. The van der Waals surface area contributed by atoms with Crippen LogP contribution in [0.1, 0.15) is 28.0 Å². The molecule has 5 heteroatoms. The van der Waals surface area contributed by atoms with Crippen LogP contribution in [0.2, 0.25) is 0 Å². The molecule has 3 aromatic rings. The third-order valence-corrected chi connectivity index (χ3v) is 3.91. The fraction of sp³-hybridized carbons (Fsp3) is 0.150. The molecule has 2 amide bonds. The minimum atomic E-state index is -0.436. The van der Waals surface area contributed by atoms with E-state index in [4.69, 9.17) is 0 Å². The zero-order chi connectivity index (χ0) is 17.6. The van der Waals surface area contributed by atoms with Crippen molar-refractivity contribution < 1.29 is 9.59 Å². The number of pyridine rings is 1. The van der Waals surface area contributed by atoms with E-state index in [9.17, 15) is 9.59 Å². The predicted molar refractivity (Wildman–Crippen MR) is 96.9 cm³/mol. The first-order valence-electron chi connectivity index (χ1n) is 8.12. The van der Waals surface area contributed by atoms with Crippen molar-refractivity contribution in [1.82, 2.24) is 15.8 Å². The molecule has 0 radical (unpaired) electrons. The second kappa shape index (κ2) is 7.57. The number of para-hydroxylation sites is 1. The number of hydrogen-bond acceptors (Lipinski definition) is 3. The molecular weight excluding hydrogens is 314 g/mol. The van der Waals surface area contributed by atoms with Gasteiger partial charge >= 0.3 is 0 Å². The zero-order valence-electron chi connectivity index (χ0n) is 14.0. The first-order valence-corrected chi connectivity index (χ1v) is 8.12. The highest BCUT2D eigenvalue weighted by molar-refractivity contribution is 5.95. The summed E-state index contributed by atoms with van der Waals surface area (Å²) in [5, 5.41) is 0.959. The lowest BCUT2D eigenvalue weighted by Gasteiger charge is -2.08. The number of aromatic nitrogens is 1. The maximum absolute atomic E-state index is 12.1. The number of carbonyl (C=O) groups is 2. The van der Waals surface area contributed by atoms with Gasteiger partial charge in [-0.25, -0.2) is 4.98 Å². The number of fused-ring (bicyclic) bond motifs is 1. The standard InChI is InChI=1S/C20H19N3O2/c1-14-6-8-15(9-7-14)10-13-19(24)22-23-20(25)18-12-11-16-4-2-3-5-17(16)21-18/h2-9,11-12H,10,13H2,1H3,(H,22,24)(H,23,25). The second-order valence-corrected chi connectivity index (χ2v) is 5.88. The topological polar surface area (TPSA) is 71.1 Å². The summed E-state index contributed by atoms with van der Waals surface area (Å²) in [6.07, 6.45) is 0.921. The van der Waals surface area contributed by atoms with Gasteiger partial charge in [-0.05, 0) is 31.0 Å². The number of carbonyl (C=O) groups excluding carboxylic acids is 2. The van der Waals surface area contributed by atoms with Crippen LogP contribution < -0.4 is 10.9 Å². The minimum Gasteiger partial charge on any atom is -0.273 e. The Bertz CT molecular complexity index is 904. The van der Waals surface area contributed by atoms with Crippen LogP contribution in [0.3, 0.4) is 0 Å². The maximum Gasteiger partial charge on any atom is 0.288 e. The van der Waals surface area contributed by atoms with Gasteiger partial charge in [0.1, 0.15) is 5.69 Å². The van der Waals surface area contributed by atoms with Gasteiger partial charge < -0.3 is 0 Å². The molecule has 0 bridgehead atoms. The monoisotopic (exact) mass is 333 g/mol. The van der Waals surface area contributed by atoms with E-state index in [-0.39, 0.29) is 11.6 Å². The SMILES string of the molecule is Cc1ccc(CCC(=O)NNC(=O)c2ccc3ccccc3n2)cc1. The van der Waals surface area contributed by atoms with Crippen molar-refractivity contribution >= 4 is 22.7 Å². The Hall–Kier alpha value is -3.21. The number of nitrogens with one attached hydrogen (secondary N) is 2. The molecule has 0 fully saturated rings. The summed E-state index contributed by atoms with van der Waals surface area (Å²) in [6.45, 7) is 2.02. The molecule has 25 heavy (non-hydrogen) atoms. The van der Waals surface area contributed by atoms with E-state index in [0.29, 0.717) is 12.8 Å². The van der Waals surface area contributed by atoms with E-state index in [2.05, 4.69) is 15.8 Å². The molecule has 0 atom stereocenters. The minimum absolute atomic E-state index is 0.241. The van der Waals surface area contributed by atoms with E-state index in [1.54, 1.807) is 6.07 Å². The lowest BCUT2D eigenvalue weighted by molar-refractivity contribution is -0.121. The lowest BCUT2D eigenvalue weighted by Crippen LogP contribution is -2.42. The molecule has 0 saturated carbocycles. The summed E-state index contributed by atoms with van der Waals surface area (Å²) < 4.78 is 0. The predicted octanol–water partition coefficient (Wildman–Crippen LogP) is 2.94. The molecular formula is C20H19N3O2.